The molecule has 4 nitrogen and oxygen atoms in total. The lowest BCUT2D eigenvalue weighted by Gasteiger charge is -2.22. The van der Waals surface area contributed by atoms with Gasteiger partial charge in [-0.05, 0) is 17.4 Å². The molecular formula is C14H22N2O2S2. The Morgan fingerprint density at radius 1 is 1.25 bits per heavy atom. The van der Waals surface area contributed by atoms with Crippen molar-refractivity contribution in [2.75, 3.05) is 5.75 Å². The summed E-state index contributed by atoms with van der Waals surface area (Å²) in [4.78, 5) is 0.177. The molecule has 2 unspecified atom stereocenters. The molecule has 112 valence electrons. The fourth-order valence-corrected chi connectivity index (χ4v) is 4.11. The molecule has 0 aliphatic heterocycles. The highest BCUT2D eigenvalue weighted by atomic mass is 32.2. The van der Waals surface area contributed by atoms with E-state index in [1.54, 1.807) is 0 Å². The van der Waals surface area contributed by atoms with Crippen molar-refractivity contribution in [1.82, 2.24) is 4.72 Å². The Balaban J connectivity index is 2.77. The van der Waals surface area contributed by atoms with E-state index in [4.69, 9.17) is 18.0 Å². The Labute approximate surface area is 126 Å². The Morgan fingerprint density at radius 3 is 2.25 bits per heavy atom. The van der Waals surface area contributed by atoms with E-state index >= 15 is 0 Å². The van der Waals surface area contributed by atoms with Crippen molar-refractivity contribution in [3.8, 4) is 0 Å². The van der Waals surface area contributed by atoms with Gasteiger partial charge < -0.3 is 5.73 Å². The highest BCUT2D eigenvalue weighted by Gasteiger charge is 2.24. The maximum absolute atomic E-state index is 12.2. The van der Waals surface area contributed by atoms with Crippen LogP contribution in [0.4, 0.5) is 0 Å². The lowest BCUT2D eigenvalue weighted by atomic mass is 10.0. The maximum Gasteiger partial charge on any atom is 0.212 e. The Kier molecular flexibility index (Phi) is 6.10. The standard InChI is InChI=1S/C14H22N2O2S2/c1-10(2)13(14(15)19)16-20(17,18)9-11(3)12-7-5-4-6-8-12/h4-8,10-11,13,16H,9H2,1-3H3,(H2,15,19). The molecule has 3 N–H and O–H groups in total. The first-order chi connectivity index (χ1) is 9.23. The van der Waals surface area contributed by atoms with Gasteiger partial charge in [-0.15, -0.1) is 0 Å². The highest BCUT2D eigenvalue weighted by Crippen LogP contribution is 2.17. The van der Waals surface area contributed by atoms with Crippen LogP contribution in [0, 0.1) is 5.92 Å². The topological polar surface area (TPSA) is 72.2 Å². The zero-order valence-electron chi connectivity index (χ0n) is 12.0. The van der Waals surface area contributed by atoms with E-state index in [1.807, 2.05) is 51.1 Å². The summed E-state index contributed by atoms with van der Waals surface area (Å²) in [5, 5.41) is 0. The monoisotopic (exact) mass is 314 g/mol. The normalized spacial score (nSPS) is 15.0. The second kappa shape index (κ2) is 7.15. The number of sulfonamides is 1. The average molecular weight is 314 g/mol. The maximum atomic E-state index is 12.2. The van der Waals surface area contributed by atoms with Crippen LogP contribution >= 0.6 is 12.2 Å². The van der Waals surface area contributed by atoms with Crippen LogP contribution in [-0.4, -0.2) is 25.2 Å². The number of nitrogens with two attached hydrogens (primary N) is 1. The third-order valence-electron chi connectivity index (χ3n) is 3.12. The molecule has 0 aliphatic rings. The zero-order valence-corrected chi connectivity index (χ0v) is 13.7. The van der Waals surface area contributed by atoms with E-state index in [1.165, 1.54) is 0 Å². The molecule has 0 bridgehead atoms. The fraction of sp³-hybridized carbons (Fsp3) is 0.500. The van der Waals surface area contributed by atoms with Crippen molar-refractivity contribution in [2.45, 2.75) is 32.7 Å². The molecule has 0 radical (unpaired) electrons. The molecule has 0 spiro atoms. The first-order valence-corrected chi connectivity index (χ1v) is 8.63. The number of benzene rings is 1. The molecule has 0 aromatic heterocycles. The summed E-state index contributed by atoms with van der Waals surface area (Å²) in [5.41, 5.74) is 6.59. The zero-order chi connectivity index (χ0) is 15.3. The number of rotatable bonds is 7. The molecule has 0 saturated carbocycles. The van der Waals surface area contributed by atoms with Crippen LogP contribution in [0.15, 0.2) is 30.3 Å². The number of hydrogen-bond donors (Lipinski definition) is 2. The van der Waals surface area contributed by atoms with Gasteiger partial charge in [0.25, 0.3) is 0 Å². The molecule has 6 heteroatoms. The van der Waals surface area contributed by atoms with Crippen LogP contribution in [0.5, 0.6) is 0 Å². The molecular weight excluding hydrogens is 292 g/mol. The lowest BCUT2D eigenvalue weighted by molar-refractivity contribution is 0.523. The predicted octanol–water partition coefficient (Wildman–Crippen LogP) is 2.02. The number of hydrogen-bond acceptors (Lipinski definition) is 3. The van der Waals surface area contributed by atoms with Gasteiger partial charge >= 0.3 is 0 Å². The predicted molar refractivity (Wildman–Crippen MR) is 87.2 cm³/mol. The van der Waals surface area contributed by atoms with E-state index in [2.05, 4.69) is 4.72 Å². The van der Waals surface area contributed by atoms with Crippen LogP contribution in [0.3, 0.4) is 0 Å². The summed E-state index contributed by atoms with van der Waals surface area (Å²) < 4.78 is 27.0. The molecule has 0 heterocycles. The SMILES string of the molecule is CC(CS(=O)(=O)NC(C(N)=S)C(C)C)c1ccccc1. The molecule has 0 aliphatic carbocycles. The minimum atomic E-state index is -3.44. The quantitative estimate of drug-likeness (QED) is 0.755. The van der Waals surface area contributed by atoms with Gasteiger partial charge in [0.05, 0.1) is 16.8 Å². The van der Waals surface area contributed by atoms with Crippen LogP contribution in [0.1, 0.15) is 32.3 Å². The van der Waals surface area contributed by atoms with Crippen molar-refractivity contribution in [3.63, 3.8) is 0 Å². The van der Waals surface area contributed by atoms with Gasteiger partial charge in [-0.3, -0.25) is 0 Å². The van der Waals surface area contributed by atoms with Crippen LogP contribution in [-0.2, 0) is 10.0 Å². The molecule has 1 aromatic rings. The summed E-state index contributed by atoms with van der Waals surface area (Å²) in [6.07, 6.45) is 0. The second-order valence-corrected chi connectivity index (χ2v) is 7.60. The van der Waals surface area contributed by atoms with Crippen molar-refractivity contribution in [2.24, 2.45) is 11.7 Å². The van der Waals surface area contributed by atoms with Crippen molar-refractivity contribution < 1.29 is 8.42 Å². The van der Waals surface area contributed by atoms with Crippen molar-refractivity contribution in [1.29, 1.82) is 0 Å². The van der Waals surface area contributed by atoms with Gasteiger partial charge in [-0.2, -0.15) is 0 Å². The summed E-state index contributed by atoms with van der Waals surface area (Å²) >= 11 is 4.92. The van der Waals surface area contributed by atoms with E-state index in [0.29, 0.717) is 0 Å². The molecule has 0 fully saturated rings. The molecule has 20 heavy (non-hydrogen) atoms. The first kappa shape index (κ1) is 17.1. The molecule has 1 aromatic carbocycles. The summed E-state index contributed by atoms with van der Waals surface area (Å²) in [7, 11) is -3.44. The van der Waals surface area contributed by atoms with Gasteiger partial charge in [0.1, 0.15) is 0 Å². The Morgan fingerprint density at radius 2 is 1.80 bits per heavy atom. The second-order valence-electron chi connectivity index (χ2n) is 5.34. The molecule has 2 atom stereocenters. The van der Waals surface area contributed by atoms with E-state index < -0.39 is 16.1 Å². The molecule has 0 amide bonds. The van der Waals surface area contributed by atoms with E-state index in [-0.39, 0.29) is 22.6 Å². The van der Waals surface area contributed by atoms with Gasteiger partial charge in [0, 0.05) is 0 Å². The third-order valence-corrected chi connectivity index (χ3v) is 4.92. The molecule has 0 saturated heterocycles. The van der Waals surface area contributed by atoms with Gasteiger partial charge in [0.15, 0.2) is 0 Å². The van der Waals surface area contributed by atoms with Crippen molar-refractivity contribution >= 4 is 27.2 Å². The van der Waals surface area contributed by atoms with Gasteiger partial charge in [0.2, 0.25) is 10.0 Å². The molecule has 1 rings (SSSR count). The fourth-order valence-electron chi connectivity index (χ4n) is 1.97. The van der Waals surface area contributed by atoms with Gasteiger partial charge in [-0.1, -0.05) is 63.3 Å². The van der Waals surface area contributed by atoms with Crippen LogP contribution < -0.4 is 10.5 Å². The summed E-state index contributed by atoms with van der Waals surface area (Å²) in [6.45, 7) is 5.65. The van der Waals surface area contributed by atoms with Crippen LogP contribution in [0.25, 0.3) is 0 Å². The number of thiocarbonyl (C=S) groups is 1. The largest absolute Gasteiger partial charge is 0.392 e. The first-order valence-electron chi connectivity index (χ1n) is 6.57. The Bertz CT molecular complexity index is 542. The van der Waals surface area contributed by atoms with Crippen molar-refractivity contribution in [3.05, 3.63) is 35.9 Å². The minimum Gasteiger partial charge on any atom is -0.392 e. The Hall–Kier alpha value is -0.980. The van der Waals surface area contributed by atoms with E-state index in [9.17, 15) is 8.42 Å². The summed E-state index contributed by atoms with van der Waals surface area (Å²) in [5.74, 6) is -0.0507. The van der Waals surface area contributed by atoms with E-state index in [0.717, 1.165) is 5.56 Å². The number of nitrogens with one attached hydrogen (secondary N) is 1. The highest BCUT2D eigenvalue weighted by molar-refractivity contribution is 7.89. The average Bonchev–Trinajstić information content (AvgIpc) is 2.36. The summed E-state index contributed by atoms with van der Waals surface area (Å²) in [6, 6.07) is 9.06. The minimum absolute atomic E-state index is 0.0167. The van der Waals surface area contributed by atoms with Gasteiger partial charge in [-0.25, -0.2) is 13.1 Å². The lowest BCUT2D eigenvalue weighted by Crippen LogP contribution is -2.47. The van der Waals surface area contributed by atoms with Crippen LogP contribution in [0.2, 0.25) is 0 Å². The smallest absolute Gasteiger partial charge is 0.212 e. The third kappa shape index (κ3) is 5.19.